The van der Waals surface area contributed by atoms with Gasteiger partial charge in [0.1, 0.15) is 4.90 Å². The number of esters is 1. The fraction of sp³-hybridized carbons (Fsp3) is 0.467. The molecular formula is C15H19ClN2O5S. The van der Waals surface area contributed by atoms with Gasteiger partial charge in [-0.05, 0) is 31.9 Å². The molecule has 2 rings (SSSR count). The molecular weight excluding hydrogens is 356 g/mol. The van der Waals surface area contributed by atoms with E-state index in [4.69, 9.17) is 16.3 Å². The van der Waals surface area contributed by atoms with Gasteiger partial charge < -0.3 is 10.1 Å². The molecule has 0 radical (unpaired) electrons. The van der Waals surface area contributed by atoms with Gasteiger partial charge in [-0.2, -0.15) is 0 Å². The lowest BCUT2D eigenvalue weighted by Crippen LogP contribution is -2.37. The molecule has 0 aliphatic heterocycles. The first-order valence-corrected chi connectivity index (χ1v) is 9.40. The van der Waals surface area contributed by atoms with Crippen molar-refractivity contribution in [2.45, 2.75) is 43.2 Å². The van der Waals surface area contributed by atoms with Gasteiger partial charge in [0.15, 0.2) is 6.10 Å². The maximum Gasteiger partial charge on any atom is 0.307 e. The van der Waals surface area contributed by atoms with Crippen LogP contribution in [0.2, 0.25) is 5.02 Å². The predicted molar refractivity (Wildman–Crippen MR) is 88.0 cm³/mol. The monoisotopic (exact) mass is 374 g/mol. The second kappa shape index (κ2) is 7.96. The van der Waals surface area contributed by atoms with E-state index in [1.165, 1.54) is 19.1 Å². The highest BCUT2D eigenvalue weighted by Crippen LogP contribution is 2.20. The maximum atomic E-state index is 12.1. The molecule has 0 aromatic heterocycles. The molecule has 1 aliphatic rings. The minimum absolute atomic E-state index is 0.0581. The second-order valence-electron chi connectivity index (χ2n) is 5.49. The second-order valence-corrected chi connectivity index (χ2v) is 7.64. The molecule has 0 spiro atoms. The van der Waals surface area contributed by atoms with Crippen molar-refractivity contribution in [1.82, 2.24) is 10.0 Å². The van der Waals surface area contributed by atoms with Gasteiger partial charge in [-0.25, -0.2) is 13.1 Å². The molecule has 1 amide bonds. The molecule has 0 unspecified atom stereocenters. The number of amides is 1. The lowest BCUT2D eigenvalue weighted by molar-refractivity contribution is -0.154. The third-order valence-corrected chi connectivity index (χ3v) is 5.31. The van der Waals surface area contributed by atoms with Crippen molar-refractivity contribution >= 4 is 33.5 Å². The van der Waals surface area contributed by atoms with Gasteiger partial charge in [-0.1, -0.05) is 23.7 Å². The lowest BCUT2D eigenvalue weighted by atomic mass is 10.3. The summed E-state index contributed by atoms with van der Waals surface area (Å²) in [5, 5.41) is 2.82. The predicted octanol–water partition coefficient (Wildman–Crippen LogP) is 1.22. The highest BCUT2D eigenvalue weighted by Gasteiger charge is 2.27. The summed E-state index contributed by atoms with van der Waals surface area (Å²) in [7, 11) is -3.81. The largest absolute Gasteiger partial charge is 0.453 e. The molecule has 1 fully saturated rings. The topological polar surface area (TPSA) is 102 Å². The van der Waals surface area contributed by atoms with Crippen molar-refractivity contribution in [3.8, 4) is 0 Å². The van der Waals surface area contributed by atoms with Gasteiger partial charge in [0.05, 0.1) is 11.4 Å². The minimum atomic E-state index is -3.81. The average molecular weight is 375 g/mol. The van der Waals surface area contributed by atoms with E-state index in [-0.39, 0.29) is 34.8 Å². The van der Waals surface area contributed by atoms with E-state index in [2.05, 4.69) is 10.0 Å². The Balaban J connectivity index is 1.77. The number of carbonyl (C=O) groups is 2. The molecule has 2 N–H and O–H groups in total. The van der Waals surface area contributed by atoms with Crippen LogP contribution >= 0.6 is 11.6 Å². The van der Waals surface area contributed by atoms with Gasteiger partial charge in [0.2, 0.25) is 10.0 Å². The Labute approximate surface area is 145 Å². The third-order valence-electron chi connectivity index (χ3n) is 3.35. The van der Waals surface area contributed by atoms with E-state index >= 15 is 0 Å². The van der Waals surface area contributed by atoms with Crippen LogP contribution in [0.3, 0.4) is 0 Å². The quantitative estimate of drug-likeness (QED) is 0.666. The van der Waals surface area contributed by atoms with Crippen molar-refractivity contribution in [1.29, 1.82) is 0 Å². The maximum absolute atomic E-state index is 12.1. The van der Waals surface area contributed by atoms with Crippen molar-refractivity contribution in [3.05, 3.63) is 29.3 Å². The Kier molecular flexibility index (Phi) is 6.20. The van der Waals surface area contributed by atoms with Gasteiger partial charge in [-0.15, -0.1) is 0 Å². The molecule has 1 aliphatic carbocycles. The molecule has 0 bridgehead atoms. The standard InChI is InChI=1S/C15H19ClN2O5S/c1-10(15(20)18-11-6-7-11)23-14(19)8-9-17-24(21,22)13-5-3-2-4-12(13)16/h2-5,10-11,17H,6-9H2,1H3,(H,18,20)/t10-/m1/s1. The molecule has 1 saturated carbocycles. The summed E-state index contributed by atoms with van der Waals surface area (Å²) in [4.78, 5) is 23.3. The van der Waals surface area contributed by atoms with Crippen LogP contribution in [-0.2, 0) is 24.3 Å². The Morgan fingerprint density at radius 3 is 2.62 bits per heavy atom. The fourth-order valence-corrected chi connectivity index (χ4v) is 3.43. The number of sulfonamides is 1. The van der Waals surface area contributed by atoms with Crippen LogP contribution in [-0.4, -0.2) is 39.0 Å². The molecule has 7 nitrogen and oxygen atoms in total. The van der Waals surface area contributed by atoms with Crippen LogP contribution in [0.4, 0.5) is 0 Å². The molecule has 1 aromatic rings. The Hall–Kier alpha value is -1.64. The molecule has 1 aromatic carbocycles. The van der Waals surface area contributed by atoms with E-state index in [1.807, 2.05) is 0 Å². The number of ether oxygens (including phenoxy) is 1. The van der Waals surface area contributed by atoms with Crippen LogP contribution in [0, 0.1) is 0 Å². The number of nitrogens with one attached hydrogen (secondary N) is 2. The first kappa shape index (κ1) is 18.7. The fourth-order valence-electron chi connectivity index (χ4n) is 1.88. The third kappa shape index (κ3) is 5.47. The van der Waals surface area contributed by atoms with Crippen molar-refractivity contribution in [3.63, 3.8) is 0 Å². The number of hydrogen-bond acceptors (Lipinski definition) is 5. The van der Waals surface area contributed by atoms with Gasteiger partial charge in [0, 0.05) is 12.6 Å². The van der Waals surface area contributed by atoms with Crippen molar-refractivity contribution in [2.24, 2.45) is 0 Å². The molecule has 24 heavy (non-hydrogen) atoms. The first-order chi connectivity index (χ1) is 11.3. The molecule has 132 valence electrons. The summed E-state index contributed by atoms with van der Waals surface area (Å²) in [6.45, 7) is 1.33. The Morgan fingerprint density at radius 1 is 1.33 bits per heavy atom. The smallest absolute Gasteiger partial charge is 0.307 e. The summed E-state index contributed by atoms with van der Waals surface area (Å²) < 4.78 is 31.4. The highest BCUT2D eigenvalue weighted by molar-refractivity contribution is 7.89. The number of benzene rings is 1. The normalized spacial score (nSPS) is 15.6. The van der Waals surface area contributed by atoms with Gasteiger partial charge >= 0.3 is 5.97 Å². The summed E-state index contributed by atoms with van der Waals surface area (Å²) in [5.41, 5.74) is 0. The zero-order valence-electron chi connectivity index (χ0n) is 13.1. The minimum Gasteiger partial charge on any atom is -0.453 e. The van der Waals surface area contributed by atoms with Crippen LogP contribution in [0.5, 0.6) is 0 Å². The summed E-state index contributed by atoms with van der Waals surface area (Å²) in [6, 6.07) is 6.18. The molecule has 0 saturated heterocycles. The van der Waals surface area contributed by atoms with Crippen molar-refractivity contribution < 1.29 is 22.7 Å². The van der Waals surface area contributed by atoms with Crippen LogP contribution in [0.25, 0.3) is 0 Å². The highest BCUT2D eigenvalue weighted by atomic mass is 35.5. The van der Waals surface area contributed by atoms with E-state index in [0.29, 0.717) is 0 Å². The SMILES string of the molecule is C[C@@H](OC(=O)CCNS(=O)(=O)c1ccccc1Cl)C(=O)NC1CC1. The number of hydrogen-bond donors (Lipinski definition) is 2. The lowest BCUT2D eigenvalue weighted by Gasteiger charge is -2.13. The van der Waals surface area contributed by atoms with E-state index in [0.717, 1.165) is 12.8 Å². The van der Waals surface area contributed by atoms with E-state index in [9.17, 15) is 18.0 Å². The first-order valence-electron chi connectivity index (χ1n) is 7.53. The summed E-state index contributed by atoms with van der Waals surface area (Å²) >= 11 is 5.85. The zero-order valence-corrected chi connectivity index (χ0v) is 14.7. The number of halogens is 1. The number of rotatable bonds is 8. The molecule has 9 heteroatoms. The summed E-state index contributed by atoms with van der Waals surface area (Å²) in [6.07, 6.45) is 0.787. The Morgan fingerprint density at radius 2 is 2.00 bits per heavy atom. The Bertz CT molecular complexity index is 718. The average Bonchev–Trinajstić information content (AvgIpc) is 3.31. The van der Waals surface area contributed by atoms with Crippen LogP contribution in [0.15, 0.2) is 29.2 Å². The summed E-state index contributed by atoms with van der Waals surface area (Å²) in [5.74, 6) is -1.00. The van der Waals surface area contributed by atoms with Gasteiger partial charge in [-0.3, -0.25) is 9.59 Å². The van der Waals surface area contributed by atoms with Gasteiger partial charge in [0.25, 0.3) is 5.91 Å². The zero-order chi connectivity index (χ0) is 17.7. The van der Waals surface area contributed by atoms with Crippen LogP contribution < -0.4 is 10.0 Å². The number of carbonyl (C=O) groups excluding carboxylic acids is 2. The molecule has 0 heterocycles. The molecule has 1 atom stereocenters. The van der Waals surface area contributed by atoms with Crippen molar-refractivity contribution in [2.75, 3.05) is 6.54 Å². The van der Waals surface area contributed by atoms with E-state index in [1.54, 1.807) is 12.1 Å². The van der Waals surface area contributed by atoms with Crippen LogP contribution in [0.1, 0.15) is 26.2 Å². The van der Waals surface area contributed by atoms with E-state index < -0.39 is 22.1 Å².